The van der Waals surface area contributed by atoms with Crippen LogP contribution in [0.4, 0.5) is 0 Å². The number of phenols is 1. The number of hydrazine groups is 1. The molecule has 0 bridgehead atoms. The SMILES string of the molecule is COc1cc(-c2cc(C(=O)NN)c3cc(Br)ccc3n2)ccc1O. The number of carbonyl (C=O) groups excluding carboxylic acids is 1. The molecule has 6 nitrogen and oxygen atoms in total. The second-order valence-electron chi connectivity index (χ2n) is 5.08. The first kappa shape index (κ1) is 16.2. The largest absolute Gasteiger partial charge is 0.504 e. The minimum Gasteiger partial charge on any atom is -0.504 e. The Labute approximate surface area is 146 Å². The number of hydrogen-bond acceptors (Lipinski definition) is 5. The van der Waals surface area contributed by atoms with Crippen molar-refractivity contribution in [1.29, 1.82) is 0 Å². The highest BCUT2D eigenvalue weighted by atomic mass is 79.9. The third-order valence-electron chi connectivity index (χ3n) is 3.62. The Morgan fingerprint density at radius 3 is 2.75 bits per heavy atom. The van der Waals surface area contributed by atoms with Crippen LogP contribution in [0.5, 0.6) is 11.5 Å². The topological polar surface area (TPSA) is 97.5 Å². The van der Waals surface area contributed by atoms with Gasteiger partial charge in [-0.3, -0.25) is 10.2 Å². The van der Waals surface area contributed by atoms with E-state index in [1.807, 2.05) is 18.2 Å². The first-order chi connectivity index (χ1) is 11.5. The molecule has 24 heavy (non-hydrogen) atoms. The predicted octanol–water partition coefficient (Wildman–Crippen LogP) is 2.98. The molecule has 1 heterocycles. The third kappa shape index (κ3) is 2.91. The standard InChI is InChI=1S/C17H14BrN3O3/c1-24-16-6-9(2-5-15(16)22)14-8-12(17(23)21-19)11-7-10(18)3-4-13(11)20-14/h2-8,22H,19H2,1H3,(H,21,23). The summed E-state index contributed by atoms with van der Waals surface area (Å²) in [7, 11) is 1.47. The Bertz CT molecular complexity index is 944. The van der Waals surface area contributed by atoms with Crippen molar-refractivity contribution in [2.75, 3.05) is 7.11 Å². The van der Waals surface area contributed by atoms with Gasteiger partial charge in [0.05, 0.1) is 23.9 Å². The van der Waals surface area contributed by atoms with Crippen molar-refractivity contribution in [1.82, 2.24) is 10.4 Å². The van der Waals surface area contributed by atoms with Gasteiger partial charge in [-0.15, -0.1) is 0 Å². The zero-order chi connectivity index (χ0) is 17.3. The number of rotatable bonds is 3. The van der Waals surface area contributed by atoms with Gasteiger partial charge >= 0.3 is 0 Å². The highest BCUT2D eigenvalue weighted by Gasteiger charge is 2.14. The van der Waals surface area contributed by atoms with Crippen LogP contribution in [0.1, 0.15) is 10.4 Å². The molecular formula is C17H14BrN3O3. The number of pyridine rings is 1. The summed E-state index contributed by atoms with van der Waals surface area (Å²) in [5, 5.41) is 10.4. The summed E-state index contributed by atoms with van der Waals surface area (Å²) < 4.78 is 5.96. The number of ether oxygens (including phenoxy) is 1. The molecule has 1 aromatic heterocycles. The molecule has 0 atom stereocenters. The Morgan fingerprint density at radius 1 is 1.25 bits per heavy atom. The summed E-state index contributed by atoms with van der Waals surface area (Å²) in [4.78, 5) is 16.7. The van der Waals surface area contributed by atoms with E-state index in [0.29, 0.717) is 33.5 Å². The number of halogens is 1. The lowest BCUT2D eigenvalue weighted by Crippen LogP contribution is -2.30. The van der Waals surface area contributed by atoms with E-state index in [-0.39, 0.29) is 5.75 Å². The van der Waals surface area contributed by atoms with Crippen LogP contribution in [0, 0.1) is 0 Å². The van der Waals surface area contributed by atoms with Gasteiger partial charge in [0.2, 0.25) is 0 Å². The lowest BCUT2D eigenvalue weighted by Gasteiger charge is -2.11. The number of phenolic OH excluding ortho intramolecular Hbond substituents is 1. The number of hydrogen-bond donors (Lipinski definition) is 3. The minimum absolute atomic E-state index is 0.0332. The number of aromatic nitrogens is 1. The summed E-state index contributed by atoms with van der Waals surface area (Å²) in [5.41, 5.74) is 4.50. The molecule has 0 aliphatic carbocycles. The van der Waals surface area contributed by atoms with Gasteiger partial charge in [-0.2, -0.15) is 0 Å². The van der Waals surface area contributed by atoms with E-state index in [9.17, 15) is 9.90 Å². The van der Waals surface area contributed by atoms with Crippen molar-refractivity contribution in [2.24, 2.45) is 5.84 Å². The Hall–Kier alpha value is -2.64. The van der Waals surface area contributed by atoms with Gasteiger partial charge in [-0.1, -0.05) is 15.9 Å². The monoisotopic (exact) mass is 387 g/mol. The average molecular weight is 388 g/mol. The van der Waals surface area contributed by atoms with Crippen LogP contribution >= 0.6 is 15.9 Å². The number of nitrogens with one attached hydrogen (secondary N) is 1. The molecular weight excluding hydrogens is 374 g/mol. The highest BCUT2D eigenvalue weighted by molar-refractivity contribution is 9.10. The Balaban J connectivity index is 2.26. The smallest absolute Gasteiger partial charge is 0.265 e. The zero-order valence-corrected chi connectivity index (χ0v) is 14.3. The van der Waals surface area contributed by atoms with Crippen molar-refractivity contribution in [3.05, 3.63) is 52.5 Å². The van der Waals surface area contributed by atoms with Crippen molar-refractivity contribution >= 4 is 32.7 Å². The van der Waals surface area contributed by atoms with Gasteiger partial charge in [0.25, 0.3) is 5.91 Å². The summed E-state index contributed by atoms with van der Waals surface area (Å²) in [6.45, 7) is 0. The molecule has 0 saturated heterocycles. The number of benzene rings is 2. The average Bonchev–Trinajstić information content (AvgIpc) is 2.60. The molecule has 0 spiro atoms. The van der Waals surface area contributed by atoms with Crippen LogP contribution in [0.2, 0.25) is 0 Å². The van der Waals surface area contributed by atoms with Crippen LogP contribution in [0.3, 0.4) is 0 Å². The lowest BCUT2D eigenvalue weighted by atomic mass is 10.0. The van der Waals surface area contributed by atoms with Gasteiger partial charge in [0.1, 0.15) is 0 Å². The number of carbonyl (C=O) groups is 1. The zero-order valence-electron chi connectivity index (χ0n) is 12.7. The summed E-state index contributed by atoms with van der Waals surface area (Å²) in [6, 6.07) is 12.0. The fraction of sp³-hybridized carbons (Fsp3) is 0.0588. The predicted molar refractivity (Wildman–Crippen MR) is 94.7 cm³/mol. The molecule has 2 aromatic carbocycles. The quantitative estimate of drug-likeness (QED) is 0.364. The van der Waals surface area contributed by atoms with Crippen LogP contribution < -0.4 is 16.0 Å². The molecule has 122 valence electrons. The number of methoxy groups -OCH3 is 1. The van der Waals surface area contributed by atoms with Gasteiger partial charge in [0.15, 0.2) is 11.5 Å². The van der Waals surface area contributed by atoms with E-state index >= 15 is 0 Å². The van der Waals surface area contributed by atoms with Crippen molar-refractivity contribution in [3.8, 4) is 22.8 Å². The van der Waals surface area contributed by atoms with Crippen LogP contribution in [-0.4, -0.2) is 23.1 Å². The van der Waals surface area contributed by atoms with E-state index in [0.717, 1.165) is 4.47 Å². The van der Waals surface area contributed by atoms with Gasteiger partial charge in [-0.25, -0.2) is 10.8 Å². The highest BCUT2D eigenvalue weighted by Crippen LogP contribution is 2.32. The van der Waals surface area contributed by atoms with Crippen LogP contribution in [0.15, 0.2) is 46.9 Å². The fourth-order valence-electron chi connectivity index (χ4n) is 2.45. The molecule has 0 aliphatic heterocycles. The van der Waals surface area contributed by atoms with Crippen molar-refractivity contribution in [3.63, 3.8) is 0 Å². The first-order valence-corrected chi connectivity index (χ1v) is 7.81. The number of nitrogens with two attached hydrogens (primary N) is 1. The number of amides is 1. The van der Waals surface area contributed by atoms with Crippen LogP contribution in [-0.2, 0) is 0 Å². The maximum atomic E-state index is 12.2. The molecule has 0 aliphatic rings. The number of fused-ring (bicyclic) bond motifs is 1. The number of nitrogens with zero attached hydrogens (tertiary/aromatic N) is 1. The van der Waals surface area contributed by atoms with E-state index in [1.165, 1.54) is 13.2 Å². The summed E-state index contributed by atoms with van der Waals surface area (Å²) in [5.74, 6) is 5.25. The molecule has 0 fully saturated rings. The van der Waals surface area contributed by atoms with Gasteiger partial charge in [0, 0.05) is 15.4 Å². The van der Waals surface area contributed by atoms with E-state index < -0.39 is 5.91 Å². The molecule has 3 aromatic rings. The van der Waals surface area contributed by atoms with E-state index in [4.69, 9.17) is 10.6 Å². The Morgan fingerprint density at radius 2 is 2.04 bits per heavy atom. The van der Waals surface area contributed by atoms with E-state index in [2.05, 4.69) is 26.3 Å². The molecule has 0 radical (unpaired) electrons. The van der Waals surface area contributed by atoms with E-state index in [1.54, 1.807) is 18.2 Å². The summed E-state index contributed by atoms with van der Waals surface area (Å²) in [6.07, 6.45) is 0. The molecule has 1 amide bonds. The fourth-order valence-corrected chi connectivity index (χ4v) is 2.81. The Kier molecular flexibility index (Phi) is 4.37. The maximum absolute atomic E-state index is 12.2. The van der Waals surface area contributed by atoms with Gasteiger partial charge < -0.3 is 9.84 Å². The molecule has 0 unspecified atom stereocenters. The lowest BCUT2D eigenvalue weighted by molar-refractivity contribution is 0.0955. The van der Waals surface area contributed by atoms with Crippen molar-refractivity contribution < 1.29 is 14.6 Å². The normalized spacial score (nSPS) is 10.6. The van der Waals surface area contributed by atoms with Gasteiger partial charge in [-0.05, 0) is 42.5 Å². The number of aromatic hydroxyl groups is 1. The third-order valence-corrected chi connectivity index (χ3v) is 4.12. The van der Waals surface area contributed by atoms with Crippen molar-refractivity contribution in [2.45, 2.75) is 0 Å². The minimum atomic E-state index is -0.410. The molecule has 3 rings (SSSR count). The number of nitrogen functional groups attached to an aromatic ring is 1. The first-order valence-electron chi connectivity index (χ1n) is 7.02. The maximum Gasteiger partial charge on any atom is 0.265 e. The molecule has 4 N–H and O–H groups in total. The molecule has 0 saturated carbocycles. The second kappa shape index (κ2) is 6.46. The molecule has 7 heteroatoms. The summed E-state index contributed by atoms with van der Waals surface area (Å²) >= 11 is 3.39. The van der Waals surface area contributed by atoms with Crippen LogP contribution in [0.25, 0.3) is 22.2 Å². The second-order valence-corrected chi connectivity index (χ2v) is 5.99.